The molecule has 0 aliphatic heterocycles. The van der Waals surface area contributed by atoms with Crippen molar-refractivity contribution in [1.29, 1.82) is 0 Å². The molecule has 0 aliphatic carbocycles. The second-order valence-corrected chi connectivity index (χ2v) is 5.27. The van der Waals surface area contributed by atoms with Crippen molar-refractivity contribution < 1.29 is 9.53 Å². The van der Waals surface area contributed by atoms with Crippen LogP contribution >= 0.6 is 0 Å². The van der Waals surface area contributed by atoms with Crippen molar-refractivity contribution in [1.82, 2.24) is 0 Å². The van der Waals surface area contributed by atoms with Crippen LogP contribution in [0.15, 0.2) is 60.7 Å². The summed E-state index contributed by atoms with van der Waals surface area (Å²) in [6.07, 6.45) is -0.321. The molecule has 3 heteroatoms. The first-order valence-corrected chi connectivity index (χ1v) is 7.09. The molecule has 2 aromatic carbocycles. The van der Waals surface area contributed by atoms with Gasteiger partial charge in [-0.05, 0) is 25.0 Å². The third-order valence-corrected chi connectivity index (χ3v) is 4.03. The number of ether oxygens (including phenoxy) is 1. The van der Waals surface area contributed by atoms with E-state index in [1.165, 1.54) is 0 Å². The van der Waals surface area contributed by atoms with Gasteiger partial charge in [0.15, 0.2) is 0 Å². The molecular weight excluding hydrogens is 262 g/mol. The third kappa shape index (κ3) is 3.14. The van der Waals surface area contributed by atoms with Gasteiger partial charge >= 0.3 is 5.97 Å². The average Bonchev–Trinajstić information content (AvgIpc) is 2.55. The number of carbonyl (C=O) groups is 1. The van der Waals surface area contributed by atoms with Crippen molar-refractivity contribution in [3.63, 3.8) is 0 Å². The van der Waals surface area contributed by atoms with Crippen LogP contribution in [0.2, 0.25) is 0 Å². The van der Waals surface area contributed by atoms with E-state index in [2.05, 4.69) is 31.2 Å². The summed E-state index contributed by atoms with van der Waals surface area (Å²) in [7, 11) is 0. The predicted molar refractivity (Wildman–Crippen MR) is 83.9 cm³/mol. The Bertz CT molecular complexity index is 541. The Morgan fingerprint density at radius 1 is 1.05 bits per heavy atom. The maximum absolute atomic E-state index is 11.6. The fourth-order valence-corrected chi connectivity index (χ4v) is 2.57. The molecule has 3 nitrogen and oxygen atoms in total. The quantitative estimate of drug-likeness (QED) is 0.858. The average molecular weight is 283 g/mol. The first kappa shape index (κ1) is 15.3. The molecule has 0 fully saturated rings. The van der Waals surface area contributed by atoms with Crippen molar-refractivity contribution in [2.24, 2.45) is 5.73 Å². The van der Waals surface area contributed by atoms with Crippen molar-refractivity contribution >= 4 is 5.97 Å². The van der Waals surface area contributed by atoms with Crippen LogP contribution in [0.25, 0.3) is 0 Å². The van der Waals surface area contributed by atoms with E-state index in [4.69, 9.17) is 10.5 Å². The predicted octanol–water partition coefficient (Wildman–Crippen LogP) is 2.88. The molecule has 0 amide bonds. The molecule has 1 unspecified atom stereocenters. The highest BCUT2D eigenvalue weighted by Crippen LogP contribution is 2.36. The van der Waals surface area contributed by atoms with Crippen LogP contribution in [0.5, 0.6) is 0 Å². The van der Waals surface area contributed by atoms with E-state index in [0.717, 1.165) is 11.1 Å². The van der Waals surface area contributed by atoms with Crippen molar-refractivity contribution in [3.05, 3.63) is 71.8 Å². The van der Waals surface area contributed by atoms with Crippen LogP contribution in [-0.4, -0.2) is 18.6 Å². The fourth-order valence-electron chi connectivity index (χ4n) is 2.57. The van der Waals surface area contributed by atoms with Crippen LogP contribution in [0.3, 0.4) is 0 Å². The van der Waals surface area contributed by atoms with E-state index < -0.39 is 5.41 Å². The molecule has 0 spiro atoms. The topological polar surface area (TPSA) is 52.3 Å². The Hall–Kier alpha value is -2.13. The Balaban J connectivity index is 2.47. The van der Waals surface area contributed by atoms with E-state index in [1.54, 1.807) is 0 Å². The first-order valence-electron chi connectivity index (χ1n) is 7.09. The number of nitrogens with two attached hydrogens (primary N) is 1. The summed E-state index contributed by atoms with van der Waals surface area (Å²) >= 11 is 0. The molecule has 1 atom stereocenters. The van der Waals surface area contributed by atoms with E-state index in [1.807, 2.05) is 43.3 Å². The monoisotopic (exact) mass is 283 g/mol. The zero-order valence-electron chi connectivity index (χ0n) is 12.5. The second-order valence-electron chi connectivity index (χ2n) is 5.27. The first-order chi connectivity index (χ1) is 10.1. The maximum Gasteiger partial charge on any atom is 0.320 e. The number of esters is 1. The van der Waals surface area contributed by atoms with Crippen molar-refractivity contribution in [2.45, 2.75) is 25.4 Å². The van der Waals surface area contributed by atoms with Crippen LogP contribution in [0, 0.1) is 0 Å². The van der Waals surface area contributed by atoms with Crippen LogP contribution in [0.1, 0.15) is 25.0 Å². The summed E-state index contributed by atoms with van der Waals surface area (Å²) in [6.45, 7) is 3.89. The summed E-state index contributed by atoms with van der Waals surface area (Å²) in [4.78, 5) is 11.6. The van der Waals surface area contributed by atoms with Gasteiger partial charge in [-0.25, -0.2) is 0 Å². The lowest BCUT2D eigenvalue weighted by molar-refractivity contribution is -0.148. The minimum atomic E-state index is -0.423. The summed E-state index contributed by atoms with van der Waals surface area (Å²) in [5.41, 5.74) is 7.15. The normalized spacial score (nSPS) is 12.7. The van der Waals surface area contributed by atoms with Gasteiger partial charge in [0, 0.05) is 0 Å². The Morgan fingerprint density at radius 3 is 1.86 bits per heavy atom. The number of benzene rings is 2. The number of hydrogen-bond acceptors (Lipinski definition) is 3. The summed E-state index contributed by atoms with van der Waals surface area (Å²) < 4.78 is 5.51. The van der Waals surface area contributed by atoms with Gasteiger partial charge in [-0.1, -0.05) is 60.7 Å². The van der Waals surface area contributed by atoms with Crippen LogP contribution in [0.4, 0.5) is 0 Å². The zero-order chi connectivity index (χ0) is 15.3. The van der Waals surface area contributed by atoms with Gasteiger partial charge < -0.3 is 10.5 Å². The van der Waals surface area contributed by atoms with Crippen LogP contribution in [-0.2, 0) is 14.9 Å². The van der Waals surface area contributed by atoms with Gasteiger partial charge in [0.05, 0.1) is 12.0 Å². The molecule has 2 N–H and O–H groups in total. The molecule has 21 heavy (non-hydrogen) atoms. The molecule has 0 aromatic heterocycles. The van der Waals surface area contributed by atoms with E-state index in [0.29, 0.717) is 0 Å². The highest BCUT2D eigenvalue weighted by Gasteiger charge is 2.37. The highest BCUT2D eigenvalue weighted by molar-refractivity contribution is 5.71. The molecular formula is C18H21NO2. The minimum Gasteiger partial charge on any atom is -0.460 e. The molecule has 0 radical (unpaired) electrons. The fraction of sp³-hybridized carbons (Fsp3) is 0.278. The van der Waals surface area contributed by atoms with Gasteiger partial charge in [0.2, 0.25) is 0 Å². The molecule has 0 bridgehead atoms. The van der Waals surface area contributed by atoms with Gasteiger partial charge in [0.1, 0.15) is 6.10 Å². The highest BCUT2D eigenvalue weighted by atomic mass is 16.5. The second kappa shape index (κ2) is 6.55. The molecule has 0 heterocycles. The minimum absolute atomic E-state index is 0.107. The lowest BCUT2D eigenvalue weighted by Gasteiger charge is -2.36. The molecule has 0 aliphatic rings. The van der Waals surface area contributed by atoms with E-state index in [-0.39, 0.29) is 18.6 Å². The Labute approximate surface area is 125 Å². The van der Waals surface area contributed by atoms with Crippen LogP contribution < -0.4 is 5.73 Å². The number of hydrogen-bond donors (Lipinski definition) is 1. The molecule has 2 rings (SSSR count). The zero-order valence-corrected chi connectivity index (χ0v) is 12.5. The van der Waals surface area contributed by atoms with Crippen molar-refractivity contribution in [2.75, 3.05) is 6.54 Å². The number of rotatable bonds is 5. The standard InChI is InChI=1S/C18H21NO2/c1-14(21-17(20)13-19)18(2,15-9-5-3-6-10-15)16-11-7-4-8-12-16/h3-12,14H,13,19H2,1-2H3. The lowest BCUT2D eigenvalue weighted by Crippen LogP contribution is -2.40. The SMILES string of the molecule is CC(OC(=O)CN)C(C)(c1ccccc1)c1ccccc1. The van der Waals surface area contributed by atoms with Gasteiger partial charge in [-0.3, -0.25) is 4.79 Å². The Morgan fingerprint density at radius 2 is 1.48 bits per heavy atom. The summed E-state index contributed by atoms with van der Waals surface area (Å²) in [5, 5.41) is 0. The third-order valence-electron chi connectivity index (χ3n) is 4.03. The molecule has 110 valence electrons. The number of carbonyl (C=O) groups excluding carboxylic acids is 1. The van der Waals surface area contributed by atoms with Gasteiger partial charge in [0.25, 0.3) is 0 Å². The molecule has 0 saturated heterocycles. The Kier molecular flexibility index (Phi) is 4.76. The smallest absolute Gasteiger partial charge is 0.320 e. The summed E-state index contributed by atoms with van der Waals surface area (Å²) in [5.74, 6) is -0.388. The van der Waals surface area contributed by atoms with Crippen molar-refractivity contribution in [3.8, 4) is 0 Å². The van der Waals surface area contributed by atoms with E-state index >= 15 is 0 Å². The van der Waals surface area contributed by atoms with Gasteiger partial charge in [-0.2, -0.15) is 0 Å². The lowest BCUT2D eigenvalue weighted by atomic mass is 9.72. The largest absolute Gasteiger partial charge is 0.460 e. The van der Waals surface area contributed by atoms with E-state index in [9.17, 15) is 4.79 Å². The maximum atomic E-state index is 11.6. The van der Waals surface area contributed by atoms with Gasteiger partial charge in [-0.15, -0.1) is 0 Å². The molecule has 0 saturated carbocycles. The molecule has 2 aromatic rings. The summed E-state index contributed by atoms with van der Waals surface area (Å²) in [6, 6.07) is 20.2.